The minimum absolute atomic E-state index is 0.192. The summed E-state index contributed by atoms with van der Waals surface area (Å²) >= 11 is 0. The van der Waals surface area contributed by atoms with Gasteiger partial charge >= 0.3 is 0 Å². The van der Waals surface area contributed by atoms with Crippen LogP contribution in [0.3, 0.4) is 0 Å². The van der Waals surface area contributed by atoms with Gasteiger partial charge < -0.3 is 20.4 Å². The third-order valence-corrected chi connectivity index (χ3v) is 5.78. The standard InChI is InChI=1S/C17H33NO4/c1-17(2,3)12-6-4-11(5-7-12)8-18-9-14(20)16(22)15(21)13(18)10-19/h11-16,19-22H,4-10H2,1-3H3/t11-,12-,13-,14+,15-,16-/m1/s1. The Morgan fingerprint density at radius 2 is 1.55 bits per heavy atom. The van der Waals surface area contributed by atoms with Crippen molar-refractivity contribution < 1.29 is 20.4 Å². The van der Waals surface area contributed by atoms with Crippen molar-refractivity contribution in [2.75, 3.05) is 19.7 Å². The van der Waals surface area contributed by atoms with Crippen LogP contribution < -0.4 is 0 Å². The monoisotopic (exact) mass is 315 g/mol. The molecule has 130 valence electrons. The van der Waals surface area contributed by atoms with Gasteiger partial charge in [0.05, 0.1) is 18.8 Å². The van der Waals surface area contributed by atoms with Gasteiger partial charge in [0.2, 0.25) is 0 Å². The molecular formula is C17H33NO4. The van der Waals surface area contributed by atoms with Crippen molar-refractivity contribution in [3.8, 4) is 0 Å². The first-order valence-corrected chi connectivity index (χ1v) is 8.63. The van der Waals surface area contributed by atoms with Crippen LogP contribution in [-0.2, 0) is 0 Å². The summed E-state index contributed by atoms with van der Waals surface area (Å²) in [4.78, 5) is 1.96. The second kappa shape index (κ2) is 7.14. The number of hydrogen-bond donors (Lipinski definition) is 4. The number of β-amino-alcohol motifs (C(OH)–C–C–N with tert-alkyl or cyclic N) is 1. The van der Waals surface area contributed by atoms with Crippen LogP contribution in [0.1, 0.15) is 46.5 Å². The Hall–Kier alpha value is -0.200. The molecule has 0 amide bonds. The van der Waals surface area contributed by atoms with E-state index < -0.39 is 24.4 Å². The zero-order chi connectivity index (χ0) is 16.5. The van der Waals surface area contributed by atoms with Gasteiger partial charge in [0.25, 0.3) is 0 Å². The van der Waals surface area contributed by atoms with Crippen LogP contribution in [-0.4, -0.2) is 69.4 Å². The minimum atomic E-state index is -1.16. The van der Waals surface area contributed by atoms with Crippen LogP contribution in [0.25, 0.3) is 0 Å². The Kier molecular flexibility index (Phi) is 5.89. The van der Waals surface area contributed by atoms with Crippen molar-refractivity contribution in [2.24, 2.45) is 17.3 Å². The van der Waals surface area contributed by atoms with Crippen molar-refractivity contribution in [1.82, 2.24) is 4.90 Å². The molecule has 0 aromatic heterocycles. The fourth-order valence-electron chi connectivity index (χ4n) is 4.13. The van der Waals surface area contributed by atoms with Crippen molar-refractivity contribution in [1.29, 1.82) is 0 Å². The maximum absolute atomic E-state index is 10.0. The number of nitrogens with zero attached hydrogens (tertiary/aromatic N) is 1. The lowest BCUT2D eigenvalue weighted by Crippen LogP contribution is -2.63. The Morgan fingerprint density at radius 3 is 2.05 bits per heavy atom. The lowest BCUT2D eigenvalue weighted by atomic mass is 9.69. The maximum atomic E-state index is 10.0. The zero-order valence-electron chi connectivity index (χ0n) is 14.1. The molecule has 1 saturated carbocycles. The number of hydrogen-bond acceptors (Lipinski definition) is 5. The van der Waals surface area contributed by atoms with E-state index in [9.17, 15) is 20.4 Å². The molecule has 5 nitrogen and oxygen atoms in total. The van der Waals surface area contributed by atoms with Crippen LogP contribution >= 0.6 is 0 Å². The lowest BCUT2D eigenvalue weighted by molar-refractivity contribution is -0.148. The third kappa shape index (κ3) is 4.01. The first-order chi connectivity index (χ1) is 10.2. The van der Waals surface area contributed by atoms with Crippen LogP contribution in [0.4, 0.5) is 0 Å². The molecular weight excluding hydrogens is 282 g/mol. The average Bonchev–Trinajstić information content (AvgIpc) is 2.45. The van der Waals surface area contributed by atoms with Gasteiger partial charge in [0.1, 0.15) is 12.2 Å². The predicted molar refractivity (Wildman–Crippen MR) is 85.4 cm³/mol. The van der Waals surface area contributed by atoms with E-state index in [1.807, 2.05) is 4.90 Å². The SMILES string of the molecule is CC(C)(C)[C@H]1CC[C@H](CN2C[C@H](O)[C@@H](O)[C@H](O)[C@H]2CO)CC1. The molecule has 0 spiro atoms. The van der Waals surface area contributed by atoms with Gasteiger partial charge in [-0.25, -0.2) is 0 Å². The van der Waals surface area contributed by atoms with Gasteiger partial charge in [-0.15, -0.1) is 0 Å². The van der Waals surface area contributed by atoms with E-state index in [0.29, 0.717) is 17.9 Å². The normalized spacial score (nSPS) is 41.6. The molecule has 1 aliphatic carbocycles. The summed E-state index contributed by atoms with van der Waals surface area (Å²) in [5.41, 5.74) is 0.361. The smallest absolute Gasteiger partial charge is 0.109 e. The summed E-state index contributed by atoms with van der Waals surface area (Å²) in [7, 11) is 0. The molecule has 0 unspecified atom stereocenters. The highest BCUT2D eigenvalue weighted by molar-refractivity contribution is 4.95. The van der Waals surface area contributed by atoms with Gasteiger partial charge in [0.15, 0.2) is 0 Å². The average molecular weight is 315 g/mol. The maximum Gasteiger partial charge on any atom is 0.109 e. The molecule has 1 heterocycles. The molecule has 0 aromatic rings. The van der Waals surface area contributed by atoms with Crippen molar-refractivity contribution in [3.63, 3.8) is 0 Å². The largest absolute Gasteiger partial charge is 0.395 e. The summed E-state index contributed by atoms with van der Waals surface area (Å²) in [5.74, 6) is 1.30. The minimum Gasteiger partial charge on any atom is -0.395 e. The Labute approximate surface area is 134 Å². The fourth-order valence-corrected chi connectivity index (χ4v) is 4.13. The van der Waals surface area contributed by atoms with E-state index in [-0.39, 0.29) is 6.61 Å². The molecule has 5 heteroatoms. The Balaban J connectivity index is 1.90. The van der Waals surface area contributed by atoms with Crippen LogP contribution in [0.15, 0.2) is 0 Å². The van der Waals surface area contributed by atoms with E-state index in [2.05, 4.69) is 20.8 Å². The number of rotatable bonds is 3. The highest BCUT2D eigenvalue weighted by atomic mass is 16.4. The molecule has 4 N–H and O–H groups in total. The van der Waals surface area contributed by atoms with E-state index in [1.165, 1.54) is 12.8 Å². The number of likely N-dealkylation sites (tertiary alicyclic amines) is 1. The highest BCUT2D eigenvalue weighted by Gasteiger charge is 2.42. The van der Waals surface area contributed by atoms with E-state index in [1.54, 1.807) is 0 Å². The quantitative estimate of drug-likeness (QED) is 0.613. The van der Waals surface area contributed by atoms with Gasteiger partial charge in [-0.3, -0.25) is 4.90 Å². The van der Waals surface area contributed by atoms with E-state index in [0.717, 1.165) is 25.3 Å². The predicted octanol–water partition coefficient (Wildman–Crippen LogP) is 0.598. The lowest BCUT2D eigenvalue weighted by Gasteiger charge is -2.45. The van der Waals surface area contributed by atoms with Crippen molar-refractivity contribution in [3.05, 3.63) is 0 Å². The number of piperidine rings is 1. The first kappa shape index (κ1) is 18.1. The molecule has 2 rings (SSSR count). The summed E-state index contributed by atoms with van der Waals surface area (Å²) in [5, 5.41) is 39.2. The van der Waals surface area contributed by atoms with Crippen LogP contribution in [0.5, 0.6) is 0 Å². The van der Waals surface area contributed by atoms with Gasteiger partial charge in [0, 0.05) is 13.1 Å². The Morgan fingerprint density at radius 1 is 0.955 bits per heavy atom. The summed E-state index contributed by atoms with van der Waals surface area (Å²) in [6.45, 7) is 7.82. The number of aliphatic hydroxyl groups is 4. The van der Waals surface area contributed by atoms with Crippen molar-refractivity contribution in [2.45, 2.75) is 70.8 Å². The van der Waals surface area contributed by atoms with E-state index in [4.69, 9.17) is 0 Å². The summed E-state index contributed by atoms with van der Waals surface area (Å²) in [6, 6.07) is -0.473. The second-order valence-corrected chi connectivity index (χ2v) is 8.34. The number of aliphatic hydroxyl groups excluding tert-OH is 4. The molecule has 22 heavy (non-hydrogen) atoms. The van der Waals surface area contributed by atoms with Gasteiger partial charge in [-0.1, -0.05) is 20.8 Å². The first-order valence-electron chi connectivity index (χ1n) is 8.63. The molecule has 2 fully saturated rings. The topological polar surface area (TPSA) is 84.2 Å². The highest BCUT2D eigenvalue weighted by Crippen LogP contribution is 2.40. The molecule has 0 aromatic carbocycles. The van der Waals surface area contributed by atoms with Crippen LogP contribution in [0.2, 0.25) is 0 Å². The molecule has 2 aliphatic rings. The van der Waals surface area contributed by atoms with E-state index >= 15 is 0 Å². The third-order valence-electron chi connectivity index (χ3n) is 5.78. The van der Waals surface area contributed by atoms with Gasteiger partial charge in [-0.2, -0.15) is 0 Å². The summed E-state index contributed by atoms with van der Waals surface area (Å²) in [6.07, 6.45) is 1.57. The Bertz CT molecular complexity index is 349. The fraction of sp³-hybridized carbons (Fsp3) is 1.00. The van der Waals surface area contributed by atoms with Crippen LogP contribution in [0, 0.1) is 17.3 Å². The van der Waals surface area contributed by atoms with Gasteiger partial charge in [-0.05, 0) is 42.9 Å². The molecule has 4 atom stereocenters. The van der Waals surface area contributed by atoms with Crippen molar-refractivity contribution >= 4 is 0 Å². The zero-order valence-corrected chi connectivity index (χ0v) is 14.1. The molecule has 1 saturated heterocycles. The molecule has 0 radical (unpaired) electrons. The summed E-state index contributed by atoms with van der Waals surface area (Å²) < 4.78 is 0. The molecule has 1 aliphatic heterocycles. The molecule has 0 bridgehead atoms. The second-order valence-electron chi connectivity index (χ2n) is 8.34.